The van der Waals surface area contributed by atoms with Gasteiger partial charge in [-0.05, 0) is 42.0 Å². The summed E-state index contributed by atoms with van der Waals surface area (Å²) in [4.78, 5) is 14.5. The summed E-state index contributed by atoms with van der Waals surface area (Å²) in [5, 5.41) is 0. The topological polar surface area (TPSA) is 38.8 Å². The number of carbonyl (C=O) groups is 1. The second-order valence-electron chi connectivity index (χ2n) is 5.79. The molecule has 1 atom stereocenters. The minimum absolute atomic E-state index is 0.0503. The first-order chi connectivity index (χ1) is 12.2. The first-order valence-electron chi connectivity index (χ1n) is 8.17. The number of ether oxygens (including phenoxy) is 2. The Kier molecular flexibility index (Phi) is 5.46. The maximum Gasteiger partial charge on any atom is 0.254 e. The van der Waals surface area contributed by atoms with E-state index in [1.54, 1.807) is 47.4 Å². The molecule has 5 heteroatoms. The van der Waals surface area contributed by atoms with Crippen LogP contribution in [-0.4, -0.2) is 37.1 Å². The van der Waals surface area contributed by atoms with Crippen LogP contribution >= 0.6 is 0 Å². The highest BCUT2D eigenvalue weighted by Gasteiger charge is 2.26. The predicted molar refractivity (Wildman–Crippen MR) is 93.1 cm³/mol. The molecular weight excluding hydrogens is 321 g/mol. The quantitative estimate of drug-likeness (QED) is 0.780. The van der Waals surface area contributed by atoms with Gasteiger partial charge in [0.05, 0.1) is 13.2 Å². The lowest BCUT2D eigenvalue weighted by molar-refractivity contribution is -0.0228. The van der Waals surface area contributed by atoms with Gasteiger partial charge in [0.15, 0.2) is 0 Å². The van der Waals surface area contributed by atoms with E-state index in [9.17, 15) is 9.18 Å². The number of rotatable bonds is 5. The lowest BCUT2D eigenvalue weighted by atomic mass is 10.1. The molecule has 1 heterocycles. The molecule has 3 rings (SSSR count). The van der Waals surface area contributed by atoms with Crippen molar-refractivity contribution in [2.24, 2.45) is 0 Å². The lowest BCUT2D eigenvalue weighted by Gasteiger charge is -2.33. The third kappa shape index (κ3) is 4.25. The van der Waals surface area contributed by atoms with Crippen molar-refractivity contribution >= 4 is 5.91 Å². The van der Waals surface area contributed by atoms with Gasteiger partial charge in [0.25, 0.3) is 5.91 Å². The first-order valence-corrected chi connectivity index (χ1v) is 8.17. The zero-order valence-electron chi connectivity index (χ0n) is 13.9. The summed E-state index contributed by atoms with van der Waals surface area (Å²) in [6.07, 6.45) is 1.43. The monoisotopic (exact) mass is 341 g/mol. The van der Waals surface area contributed by atoms with Crippen LogP contribution in [0.3, 0.4) is 0 Å². The Morgan fingerprint density at radius 3 is 2.64 bits per heavy atom. The summed E-state index contributed by atoms with van der Waals surface area (Å²) in [5.74, 6) is 0.361. The summed E-state index contributed by atoms with van der Waals surface area (Å²) >= 11 is 0. The Labute approximate surface area is 146 Å². The van der Waals surface area contributed by atoms with E-state index < -0.39 is 0 Å². The molecule has 2 aromatic carbocycles. The lowest BCUT2D eigenvalue weighted by Crippen LogP contribution is -2.42. The number of hydrogen-bond acceptors (Lipinski definition) is 3. The van der Waals surface area contributed by atoms with Crippen LogP contribution in [0.1, 0.15) is 22.0 Å². The molecule has 0 spiro atoms. The molecule has 0 aromatic heterocycles. The van der Waals surface area contributed by atoms with E-state index in [0.717, 1.165) is 5.56 Å². The van der Waals surface area contributed by atoms with Gasteiger partial charge in [-0.25, -0.2) is 4.39 Å². The van der Waals surface area contributed by atoms with Gasteiger partial charge in [-0.15, -0.1) is 0 Å². The molecule has 0 bridgehead atoms. The van der Waals surface area contributed by atoms with Crippen molar-refractivity contribution in [3.63, 3.8) is 0 Å². The van der Waals surface area contributed by atoms with E-state index in [4.69, 9.17) is 9.47 Å². The highest BCUT2D eigenvalue weighted by Crippen LogP contribution is 2.24. The Bertz CT molecular complexity index is 728. The number of halogens is 1. The third-order valence-electron chi connectivity index (χ3n) is 4.06. The average molecular weight is 341 g/mol. The molecule has 1 aliphatic heterocycles. The molecule has 25 heavy (non-hydrogen) atoms. The molecule has 130 valence electrons. The summed E-state index contributed by atoms with van der Waals surface area (Å²) < 4.78 is 24.2. The molecule has 1 aliphatic rings. The van der Waals surface area contributed by atoms with Crippen LogP contribution in [0.4, 0.5) is 4.39 Å². The summed E-state index contributed by atoms with van der Waals surface area (Å²) in [6, 6.07) is 13.2. The SMILES string of the molecule is C=CCOc1ccc(C(=O)N2CCOC(c3ccc(F)cc3)C2)cc1. The second kappa shape index (κ2) is 7.94. The molecule has 0 aliphatic carbocycles. The van der Waals surface area contributed by atoms with E-state index in [2.05, 4.69) is 6.58 Å². The highest BCUT2D eigenvalue weighted by atomic mass is 19.1. The van der Waals surface area contributed by atoms with Gasteiger partial charge >= 0.3 is 0 Å². The standard InChI is InChI=1S/C20H20FNO3/c1-2-12-24-18-9-5-16(6-10-18)20(23)22-11-13-25-19(14-22)15-3-7-17(21)8-4-15/h2-10,19H,1,11-14H2. The van der Waals surface area contributed by atoms with E-state index >= 15 is 0 Å². The molecule has 0 saturated carbocycles. The molecule has 2 aromatic rings. The Balaban J connectivity index is 1.67. The van der Waals surface area contributed by atoms with Crippen molar-refractivity contribution < 1.29 is 18.7 Å². The fourth-order valence-corrected chi connectivity index (χ4v) is 2.74. The van der Waals surface area contributed by atoms with Crippen LogP contribution in [-0.2, 0) is 4.74 Å². The van der Waals surface area contributed by atoms with Crippen molar-refractivity contribution in [1.82, 2.24) is 4.90 Å². The van der Waals surface area contributed by atoms with E-state index in [0.29, 0.717) is 37.6 Å². The van der Waals surface area contributed by atoms with Gasteiger partial charge in [-0.1, -0.05) is 24.8 Å². The predicted octanol–water partition coefficient (Wildman–Crippen LogP) is 3.60. The van der Waals surface area contributed by atoms with Crippen LogP contribution in [0, 0.1) is 5.82 Å². The molecule has 4 nitrogen and oxygen atoms in total. The second-order valence-corrected chi connectivity index (χ2v) is 5.79. The van der Waals surface area contributed by atoms with Gasteiger partial charge in [-0.2, -0.15) is 0 Å². The minimum Gasteiger partial charge on any atom is -0.490 e. The summed E-state index contributed by atoms with van der Waals surface area (Å²) in [7, 11) is 0. The fraction of sp³-hybridized carbons (Fsp3) is 0.250. The first kappa shape index (κ1) is 17.2. The van der Waals surface area contributed by atoms with Gasteiger partial charge in [0.2, 0.25) is 0 Å². The normalized spacial score (nSPS) is 17.2. The molecule has 0 N–H and O–H groups in total. The largest absolute Gasteiger partial charge is 0.490 e. The fourth-order valence-electron chi connectivity index (χ4n) is 2.74. The van der Waals surface area contributed by atoms with Crippen LogP contribution in [0.2, 0.25) is 0 Å². The van der Waals surface area contributed by atoms with Crippen LogP contribution in [0.25, 0.3) is 0 Å². The smallest absolute Gasteiger partial charge is 0.254 e. The van der Waals surface area contributed by atoms with Crippen LogP contribution in [0.5, 0.6) is 5.75 Å². The molecular formula is C20H20FNO3. The van der Waals surface area contributed by atoms with Crippen molar-refractivity contribution in [2.75, 3.05) is 26.3 Å². The van der Waals surface area contributed by atoms with Crippen LogP contribution < -0.4 is 4.74 Å². The number of carbonyl (C=O) groups excluding carboxylic acids is 1. The molecule has 1 unspecified atom stereocenters. The third-order valence-corrected chi connectivity index (χ3v) is 4.06. The Hall–Kier alpha value is -2.66. The van der Waals surface area contributed by atoms with Gasteiger partial charge in [0, 0.05) is 12.1 Å². The number of benzene rings is 2. The molecule has 1 amide bonds. The van der Waals surface area contributed by atoms with Crippen LogP contribution in [0.15, 0.2) is 61.2 Å². The maximum absolute atomic E-state index is 13.1. The number of morpholine rings is 1. The van der Waals surface area contributed by atoms with Gasteiger partial charge in [0.1, 0.15) is 24.3 Å². The van der Waals surface area contributed by atoms with Crippen molar-refractivity contribution in [3.8, 4) is 5.75 Å². The molecule has 1 fully saturated rings. The highest BCUT2D eigenvalue weighted by molar-refractivity contribution is 5.94. The molecule has 0 radical (unpaired) electrons. The average Bonchev–Trinajstić information content (AvgIpc) is 2.67. The van der Waals surface area contributed by atoms with Crippen molar-refractivity contribution in [1.29, 1.82) is 0 Å². The Morgan fingerprint density at radius 1 is 1.24 bits per heavy atom. The zero-order chi connectivity index (χ0) is 17.6. The van der Waals surface area contributed by atoms with Gasteiger partial charge in [-0.3, -0.25) is 4.79 Å². The minimum atomic E-state index is -0.286. The van der Waals surface area contributed by atoms with E-state index in [1.165, 1.54) is 12.1 Å². The number of amides is 1. The summed E-state index contributed by atoms with van der Waals surface area (Å²) in [5.41, 5.74) is 1.47. The zero-order valence-corrected chi connectivity index (χ0v) is 13.9. The number of nitrogens with zero attached hydrogens (tertiary/aromatic N) is 1. The Morgan fingerprint density at radius 2 is 1.96 bits per heavy atom. The van der Waals surface area contributed by atoms with E-state index in [1.807, 2.05) is 0 Å². The van der Waals surface area contributed by atoms with E-state index in [-0.39, 0.29) is 17.8 Å². The molecule has 1 saturated heterocycles. The van der Waals surface area contributed by atoms with Crippen molar-refractivity contribution in [3.05, 3.63) is 78.1 Å². The maximum atomic E-state index is 13.1. The van der Waals surface area contributed by atoms with Gasteiger partial charge < -0.3 is 14.4 Å². The summed E-state index contributed by atoms with van der Waals surface area (Å²) in [6.45, 7) is 5.46. The number of hydrogen-bond donors (Lipinski definition) is 0. The van der Waals surface area contributed by atoms with Crippen molar-refractivity contribution in [2.45, 2.75) is 6.10 Å².